The van der Waals surface area contributed by atoms with Crippen molar-refractivity contribution in [2.75, 3.05) is 53.4 Å². The molecule has 0 aliphatic heterocycles. The Bertz CT molecular complexity index is 235. The van der Waals surface area contributed by atoms with Crippen LogP contribution in [-0.4, -0.2) is 63.2 Å². The molecular formula is C18H41N3. The predicted octanol–water partition coefficient (Wildman–Crippen LogP) is 3.31. The molecule has 3 nitrogen and oxygen atoms in total. The molecule has 0 aromatic carbocycles. The Balaban J connectivity index is 4.67. The van der Waals surface area contributed by atoms with E-state index in [4.69, 9.17) is 0 Å². The summed E-state index contributed by atoms with van der Waals surface area (Å²) in [7, 11) is 4.34. The highest BCUT2D eigenvalue weighted by molar-refractivity contribution is 4.83. The van der Waals surface area contributed by atoms with E-state index in [9.17, 15) is 0 Å². The largest absolute Gasteiger partial charge is 0.316 e. The third kappa shape index (κ3) is 9.49. The highest BCUT2D eigenvalue weighted by atomic mass is 15.2. The van der Waals surface area contributed by atoms with Crippen molar-refractivity contribution < 1.29 is 0 Å². The van der Waals surface area contributed by atoms with Gasteiger partial charge in [-0.1, -0.05) is 34.6 Å². The van der Waals surface area contributed by atoms with Crippen LogP contribution in [0.5, 0.6) is 0 Å². The van der Waals surface area contributed by atoms with Gasteiger partial charge in [0.2, 0.25) is 0 Å². The van der Waals surface area contributed by atoms with Gasteiger partial charge in [-0.2, -0.15) is 0 Å². The molecule has 0 aliphatic carbocycles. The first-order valence-electron chi connectivity index (χ1n) is 8.96. The fourth-order valence-electron chi connectivity index (χ4n) is 2.88. The van der Waals surface area contributed by atoms with E-state index in [1.807, 2.05) is 0 Å². The highest BCUT2D eigenvalue weighted by Gasteiger charge is 2.28. The van der Waals surface area contributed by atoms with Crippen molar-refractivity contribution in [1.82, 2.24) is 15.1 Å². The molecule has 3 heteroatoms. The Hall–Kier alpha value is -0.120. The molecule has 0 aromatic rings. The third-order valence-electron chi connectivity index (χ3n) is 4.47. The topological polar surface area (TPSA) is 18.5 Å². The molecule has 0 radical (unpaired) electrons. The Kier molecular flexibility index (Phi) is 11.4. The standard InChI is InChI=1S/C18H41N3/c1-8-11-19-15-18(9-2,10-3)16-21(14-17(4)5)13-12-20(6)7/h17,19H,8-16H2,1-7H3. The molecule has 0 atom stereocenters. The summed E-state index contributed by atoms with van der Waals surface area (Å²) < 4.78 is 0. The number of hydrogen-bond acceptors (Lipinski definition) is 3. The van der Waals surface area contributed by atoms with E-state index >= 15 is 0 Å². The maximum atomic E-state index is 3.66. The van der Waals surface area contributed by atoms with E-state index in [1.165, 1.54) is 38.9 Å². The van der Waals surface area contributed by atoms with Crippen LogP contribution in [0, 0.1) is 11.3 Å². The van der Waals surface area contributed by atoms with Gasteiger partial charge in [-0.15, -0.1) is 0 Å². The minimum Gasteiger partial charge on any atom is -0.316 e. The van der Waals surface area contributed by atoms with E-state index in [0.29, 0.717) is 5.41 Å². The fraction of sp³-hybridized carbons (Fsp3) is 1.00. The van der Waals surface area contributed by atoms with Gasteiger partial charge in [-0.3, -0.25) is 0 Å². The molecule has 0 fully saturated rings. The summed E-state index contributed by atoms with van der Waals surface area (Å²) >= 11 is 0. The smallest absolute Gasteiger partial charge is 0.0109 e. The van der Waals surface area contributed by atoms with Gasteiger partial charge in [0.05, 0.1) is 0 Å². The molecule has 0 heterocycles. The number of hydrogen-bond donors (Lipinski definition) is 1. The van der Waals surface area contributed by atoms with Crippen molar-refractivity contribution in [3.63, 3.8) is 0 Å². The first-order valence-corrected chi connectivity index (χ1v) is 8.96. The summed E-state index contributed by atoms with van der Waals surface area (Å²) in [6, 6.07) is 0. The van der Waals surface area contributed by atoms with Crippen molar-refractivity contribution in [3.8, 4) is 0 Å². The van der Waals surface area contributed by atoms with Crippen LogP contribution in [0.3, 0.4) is 0 Å². The van der Waals surface area contributed by atoms with Gasteiger partial charge in [0.15, 0.2) is 0 Å². The van der Waals surface area contributed by atoms with Crippen molar-refractivity contribution in [1.29, 1.82) is 0 Å². The lowest BCUT2D eigenvalue weighted by molar-refractivity contribution is 0.117. The third-order valence-corrected chi connectivity index (χ3v) is 4.47. The first kappa shape index (κ1) is 20.9. The average Bonchev–Trinajstić information content (AvgIpc) is 2.43. The summed E-state index contributed by atoms with van der Waals surface area (Å²) in [4.78, 5) is 4.98. The molecule has 0 unspecified atom stereocenters. The van der Waals surface area contributed by atoms with Gasteiger partial charge in [0.1, 0.15) is 0 Å². The van der Waals surface area contributed by atoms with Gasteiger partial charge >= 0.3 is 0 Å². The molecule has 0 amide bonds. The number of nitrogens with zero attached hydrogens (tertiary/aromatic N) is 2. The Morgan fingerprint density at radius 1 is 1.00 bits per heavy atom. The second-order valence-corrected chi connectivity index (χ2v) is 7.32. The number of nitrogens with one attached hydrogen (secondary N) is 1. The second kappa shape index (κ2) is 11.4. The Labute approximate surface area is 134 Å². The normalized spacial score (nSPS) is 12.9. The molecule has 0 aliphatic rings. The zero-order chi connectivity index (χ0) is 16.3. The van der Waals surface area contributed by atoms with Crippen LogP contribution >= 0.6 is 0 Å². The summed E-state index contributed by atoms with van der Waals surface area (Å²) in [5, 5.41) is 3.66. The van der Waals surface area contributed by atoms with Crippen LogP contribution < -0.4 is 5.32 Å². The molecule has 0 saturated carbocycles. The molecule has 0 bridgehead atoms. The lowest BCUT2D eigenvalue weighted by Crippen LogP contribution is -2.46. The first-order chi connectivity index (χ1) is 9.89. The molecule has 0 rings (SSSR count). The van der Waals surface area contributed by atoms with Crippen molar-refractivity contribution >= 4 is 0 Å². The van der Waals surface area contributed by atoms with Gasteiger partial charge in [-0.05, 0) is 51.2 Å². The maximum absolute atomic E-state index is 3.66. The monoisotopic (exact) mass is 299 g/mol. The van der Waals surface area contributed by atoms with Gasteiger partial charge < -0.3 is 15.1 Å². The van der Waals surface area contributed by atoms with Crippen LogP contribution in [0.15, 0.2) is 0 Å². The summed E-state index contributed by atoms with van der Waals surface area (Å²) in [6.45, 7) is 18.7. The summed E-state index contributed by atoms with van der Waals surface area (Å²) in [6.07, 6.45) is 3.74. The second-order valence-electron chi connectivity index (χ2n) is 7.32. The summed E-state index contributed by atoms with van der Waals surface area (Å²) in [5.74, 6) is 0.738. The van der Waals surface area contributed by atoms with E-state index in [2.05, 4.69) is 63.8 Å². The Morgan fingerprint density at radius 2 is 1.62 bits per heavy atom. The van der Waals surface area contributed by atoms with Crippen LogP contribution in [0.2, 0.25) is 0 Å². The molecule has 0 aromatic heterocycles. The van der Waals surface area contributed by atoms with Crippen molar-refractivity contribution in [2.24, 2.45) is 11.3 Å². The Morgan fingerprint density at radius 3 is 2.05 bits per heavy atom. The molecule has 21 heavy (non-hydrogen) atoms. The predicted molar refractivity (Wildman–Crippen MR) is 96.0 cm³/mol. The maximum Gasteiger partial charge on any atom is 0.0109 e. The quantitative estimate of drug-likeness (QED) is 0.526. The molecular weight excluding hydrogens is 258 g/mol. The highest BCUT2D eigenvalue weighted by Crippen LogP contribution is 2.27. The van der Waals surface area contributed by atoms with E-state index in [0.717, 1.165) is 25.6 Å². The number of rotatable bonds is 13. The lowest BCUT2D eigenvalue weighted by atomic mass is 9.81. The zero-order valence-electron chi connectivity index (χ0n) is 15.8. The number of likely N-dealkylation sites (N-methyl/N-ethyl adjacent to an activating group) is 1. The van der Waals surface area contributed by atoms with Crippen LogP contribution in [0.4, 0.5) is 0 Å². The van der Waals surface area contributed by atoms with Crippen LogP contribution in [0.25, 0.3) is 0 Å². The summed E-state index contributed by atoms with van der Waals surface area (Å²) in [5.41, 5.74) is 0.427. The van der Waals surface area contributed by atoms with Crippen LogP contribution in [-0.2, 0) is 0 Å². The van der Waals surface area contributed by atoms with E-state index in [1.54, 1.807) is 0 Å². The average molecular weight is 300 g/mol. The lowest BCUT2D eigenvalue weighted by Gasteiger charge is -2.38. The van der Waals surface area contributed by atoms with E-state index < -0.39 is 0 Å². The van der Waals surface area contributed by atoms with Gasteiger partial charge in [-0.25, -0.2) is 0 Å². The SMILES string of the molecule is CCCNCC(CC)(CC)CN(CCN(C)C)CC(C)C. The van der Waals surface area contributed by atoms with Crippen molar-refractivity contribution in [3.05, 3.63) is 0 Å². The van der Waals surface area contributed by atoms with Gasteiger partial charge in [0.25, 0.3) is 0 Å². The fourth-order valence-corrected chi connectivity index (χ4v) is 2.88. The van der Waals surface area contributed by atoms with Crippen molar-refractivity contribution in [2.45, 2.75) is 53.9 Å². The van der Waals surface area contributed by atoms with E-state index in [-0.39, 0.29) is 0 Å². The molecule has 0 saturated heterocycles. The minimum absolute atomic E-state index is 0.427. The molecule has 128 valence electrons. The van der Waals surface area contributed by atoms with Crippen LogP contribution in [0.1, 0.15) is 53.9 Å². The minimum atomic E-state index is 0.427. The molecule has 0 spiro atoms. The molecule has 1 N–H and O–H groups in total. The van der Waals surface area contributed by atoms with Gasteiger partial charge in [0, 0.05) is 32.7 Å². The zero-order valence-corrected chi connectivity index (χ0v) is 15.8.